The number of nitriles is 1. The van der Waals surface area contributed by atoms with Crippen molar-refractivity contribution in [3.8, 4) is 5.40 Å². The van der Waals surface area contributed by atoms with E-state index in [2.05, 4.69) is 11.6 Å². The van der Waals surface area contributed by atoms with Crippen LogP contribution in [0.4, 0.5) is 5.69 Å². The van der Waals surface area contributed by atoms with Crippen molar-refractivity contribution in [2.24, 2.45) is 0 Å². The normalized spacial score (nSPS) is 11.0. The van der Waals surface area contributed by atoms with Gasteiger partial charge in [0.1, 0.15) is 5.40 Å². The van der Waals surface area contributed by atoms with Crippen LogP contribution in [0, 0.1) is 17.6 Å². The zero-order chi connectivity index (χ0) is 16.9. The zero-order valence-electron chi connectivity index (χ0n) is 13.0. The number of benzene rings is 2. The molecule has 4 nitrogen and oxygen atoms in total. The van der Waals surface area contributed by atoms with Crippen LogP contribution in [0.15, 0.2) is 52.3 Å². The van der Waals surface area contributed by atoms with E-state index < -0.39 is 10.0 Å². The number of anilines is 1. The van der Waals surface area contributed by atoms with Crippen molar-refractivity contribution in [3.63, 3.8) is 0 Å². The molecule has 2 rings (SSSR count). The Balaban J connectivity index is 2.22. The first kappa shape index (κ1) is 17.4. The number of nitrogens with zero attached hydrogens (tertiary/aromatic N) is 1. The summed E-state index contributed by atoms with van der Waals surface area (Å²) in [5, 5.41) is 10.7. The second-order valence-corrected chi connectivity index (χ2v) is 7.71. The summed E-state index contributed by atoms with van der Waals surface area (Å²) in [6.07, 6.45) is 1.96. The number of nitrogens with one attached hydrogen (secondary N) is 1. The van der Waals surface area contributed by atoms with Gasteiger partial charge in [0, 0.05) is 4.90 Å². The summed E-state index contributed by atoms with van der Waals surface area (Å²) in [4.78, 5) is 1.03. The molecule has 2 aromatic rings. The summed E-state index contributed by atoms with van der Waals surface area (Å²) in [5.41, 5.74) is 2.42. The van der Waals surface area contributed by atoms with Gasteiger partial charge in [-0.05, 0) is 66.6 Å². The number of hydrogen-bond donors (Lipinski definition) is 1. The number of thiocyanates is 1. The summed E-state index contributed by atoms with van der Waals surface area (Å²) < 4.78 is 27.5. The molecule has 0 aromatic heterocycles. The van der Waals surface area contributed by atoms with Crippen LogP contribution in [0.1, 0.15) is 24.5 Å². The predicted octanol–water partition coefficient (Wildman–Crippen LogP) is 4.32. The maximum absolute atomic E-state index is 12.5. The smallest absolute Gasteiger partial charge is 0.261 e. The molecule has 0 unspecified atom stereocenters. The number of hydrogen-bond acceptors (Lipinski definition) is 4. The van der Waals surface area contributed by atoms with Crippen molar-refractivity contribution in [2.45, 2.75) is 36.5 Å². The standard InChI is InChI=1S/C17H18N2O2S2/c1-3-4-14-5-8-16(9-6-14)23(20,21)19-17-10-7-15(22-12-18)11-13(17)2/h5-11,19H,3-4H2,1-2H3. The Kier molecular flexibility index (Phi) is 5.69. The summed E-state index contributed by atoms with van der Waals surface area (Å²) in [6, 6.07) is 12.1. The lowest BCUT2D eigenvalue weighted by atomic mass is 10.1. The molecular weight excluding hydrogens is 328 g/mol. The molecule has 0 aliphatic carbocycles. The van der Waals surface area contributed by atoms with Crippen LogP contribution < -0.4 is 4.72 Å². The van der Waals surface area contributed by atoms with Gasteiger partial charge < -0.3 is 0 Å². The third-order valence-corrected chi connectivity index (χ3v) is 5.34. The Morgan fingerprint density at radius 2 is 1.87 bits per heavy atom. The van der Waals surface area contributed by atoms with Gasteiger partial charge in [0.2, 0.25) is 0 Å². The Morgan fingerprint density at radius 3 is 2.43 bits per heavy atom. The summed E-state index contributed by atoms with van der Waals surface area (Å²) >= 11 is 1.05. The lowest BCUT2D eigenvalue weighted by Crippen LogP contribution is -2.13. The van der Waals surface area contributed by atoms with Crippen molar-refractivity contribution >= 4 is 27.5 Å². The highest BCUT2D eigenvalue weighted by Crippen LogP contribution is 2.25. The Morgan fingerprint density at radius 1 is 1.17 bits per heavy atom. The highest BCUT2D eigenvalue weighted by atomic mass is 32.2. The fourth-order valence-corrected chi connectivity index (χ4v) is 3.80. The van der Waals surface area contributed by atoms with Gasteiger partial charge in [-0.2, -0.15) is 5.26 Å². The van der Waals surface area contributed by atoms with Gasteiger partial charge in [0.25, 0.3) is 10.0 Å². The van der Waals surface area contributed by atoms with Gasteiger partial charge in [-0.25, -0.2) is 8.42 Å². The minimum atomic E-state index is -3.61. The van der Waals surface area contributed by atoms with E-state index in [0.29, 0.717) is 5.69 Å². The van der Waals surface area contributed by atoms with Crippen LogP contribution in [-0.2, 0) is 16.4 Å². The van der Waals surface area contributed by atoms with Gasteiger partial charge >= 0.3 is 0 Å². The van der Waals surface area contributed by atoms with Gasteiger partial charge in [-0.3, -0.25) is 4.72 Å². The number of thioether (sulfide) groups is 1. The lowest BCUT2D eigenvalue weighted by Gasteiger charge is -2.11. The SMILES string of the molecule is CCCc1ccc(S(=O)(=O)Nc2ccc(SC#N)cc2C)cc1. The Bertz CT molecular complexity index is 823. The summed E-state index contributed by atoms with van der Waals surface area (Å²) in [7, 11) is -3.61. The molecule has 0 atom stereocenters. The molecule has 0 saturated heterocycles. The molecule has 120 valence electrons. The average Bonchev–Trinajstić information content (AvgIpc) is 2.51. The predicted molar refractivity (Wildman–Crippen MR) is 93.9 cm³/mol. The molecule has 0 heterocycles. The second kappa shape index (κ2) is 7.53. The van der Waals surface area contributed by atoms with Crippen LogP contribution in [-0.4, -0.2) is 8.42 Å². The van der Waals surface area contributed by atoms with E-state index in [9.17, 15) is 8.42 Å². The van der Waals surface area contributed by atoms with E-state index in [1.165, 1.54) is 0 Å². The average molecular weight is 346 g/mol. The highest BCUT2D eigenvalue weighted by molar-refractivity contribution is 8.03. The molecule has 1 N–H and O–H groups in total. The molecule has 0 radical (unpaired) electrons. The van der Waals surface area contributed by atoms with Crippen molar-refractivity contribution in [1.82, 2.24) is 0 Å². The van der Waals surface area contributed by atoms with Crippen molar-refractivity contribution < 1.29 is 8.42 Å². The zero-order valence-corrected chi connectivity index (χ0v) is 14.7. The van der Waals surface area contributed by atoms with E-state index in [-0.39, 0.29) is 4.90 Å². The van der Waals surface area contributed by atoms with Crippen molar-refractivity contribution in [2.75, 3.05) is 4.72 Å². The quantitative estimate of drug-likeness (QED) is 0.624. The molecule has 0 spiro atoms. The van der Waals surface area contributed by atoms with Crippen LogP contribution in [0.25, 0.3) is 0 Å². The largest absolute Gasteiger partial charge is 0.279 e. The van der Waals surface area contributed by atoms with Crippen molar-refractivity contribution in [3.05, 3.63) is 53.6 Å². The maximum Gasteiger partial charge on any atom is 0.261 e. The van der Waals surface area contributed by atoms with Crippen LogP contribution in [0.3, 0.4) is 0 Å². The van der Waals surface area contributed by atoms with E-state index in [4.69, 9.17) is 5.26 Å². The molecule has 23 heavy (non-hydrogen) atoms. The molecule has 2 aromatic carbocycles. The number of aryl methyl sites for hydroxylation is 2. The molecular formula is C17H18N2O2S2. The van der Waals surface area contributed by atoms with Crippen molar-refractivity contribution in [1.29, 1.82) is 5.26 Å². The monoisotopic (exact) mass is 346 g/mol. The summed E-state index contributed by atoms with van der Waals surface area (Å²) in [6.45, 7) is 3.90. The van der Waals surface area contributed by atoms with E-state index >= 15 is 0 Å². The van der Waals surface area contributed by atoms with E-state index in [0.717, 1.165) is 40.6 Å². The van der Waals surface area contributed by atoms with Gasteiger partial charge in [0.05, 0.1) is 10.6 Å². The highest BCUT2D eigenvalue weighted by Gasteiger charge is 2.15. The minimum Gasteiger partial charge on any atom is -0.279 e. The molecule has 0 fully saturated rings. The van der Waals surface area contributed by atoms with Crippen LogP contribution in [0.2, 0.25) is 0 Å². The maximum atomic E-state index is 12.5. The topological polar surface area (TPSA) is 70.0 Å². The van der Waals surface area contributed by atoms with Gasteiger partial charge in [0.15, 0.2) is 0 Å². The van der Waals surface area contributed by atoms with Crippen LogP contribution in [0.5, 0.6) is 0 Å². The number of rotatable bonds is 6. The molecule has 0 amide bonds. The lowest BCUT2D eigenvalue weighted by molar-refractivity contribution is 0.601. The fourth-order valence-electron chi connectivity index (χ4n) is 2.19. The van der Waals surface area contributed by atoms with Gasteiger partial charge in [-0.1, -0.05) is 25.5 Å². The molecule has 0 bridgehead atoms. The third-order valence-electron chi connectivity index (χ3n) is 3.38. The minimum absolute atomic E-state index is 0.243. The van der Waals surface area contributed by atoms with E-state index in [1.807, 2.05) is 24.5 Å². The first-order valence-electron chi connectivity index (χ1n) is 7.24. The third kappa shape index (κ3) is 4.50. The number of sulfonamides is 1. The Hall–Kier alpha value is -1.97. The first-order valence-corrected chi connectivity index (χ1v) is 9.54. The first-order chi connectivity index (χ1) is 11.0. The molecule has 0 saturated carbocycles. The Labute approximate surface area is 141 Å². The molecule has 0 aliphatic rings. The summed E-state index contributed by atoms with van der Waals surface area (Å²) in [5.74, 6) is 0. The molecule has 6 heteroatoms. The van der Waals surface area contributed by atoms with Gasteiger partial charge in [-0.15, -0.1) is 0 Å². The fraction of sp³-hybridized carbons (Fsp3) is 0.235. The van der Waals surface area contributed by atoms with E-state index in [1.54, 1.807) is 30.3 Å². The second-order valence-electron chi connectivity index (χ2n) is 5.17. The molecule has 0 aliphatic heterocycles. The van der Waals surface area contributed by atoms with Crippen LogP contribution >= 0.6 is 11.8 Å².